The van der Waals surface area contributed by atoms with Crippen LogP contribution in [0.1, 0.15) is 45.4 Å². The summed E-state index contributed by atoms with van der Waals surface area (Å²) >= 11 is 1.75. The molecular formula is C20H22N4OS. The average molecular weight is 366 g/mol. The summed E-state index contributed by atoms with van der Waals surface area (Å²) in [6.45, 7) is 7.78. The van der Waals surface area contributed by atoms with Gasteiger partial charge in [-0.05, 0) is 72.5 Å². The summed E-state index contributed by atoms with van der Waals surface area (Å²) < 4.78 is 1.77. The Bertz CT molecular complexity index is 934. The first-order valence-electron chi connectivity index (χ1n) is 8.50. The molecular weight excluding hydrogens is 344 g/mol. The lowest BCUT2D eigenvalue weighted by molar-refractivity contribution is 0.101. The molecule has 0 aliphatic heterocycles. The number of Topliss-reactive ketones (excluding diaryl/α,β-unsaturated/α-hetero) is 1. The van der Waals surface area contributed by atoms with Gasteiger partial charge < -0.3 is 0 Å². The predicted molar refractivity (Wildman–Crippen MR) is 105 cm³/mol. The minimum Gasteiger partial charge on any atom is -0.294 e. The molecule has 0 amide bonds. The second-order valence-electron chi connectivity index (χ2n) is 6.38. The number of thioether (sulfide) groups is 1. The van der Waals surface area contributed by atoms with Crippen molar-refractivity contribution >= 4 is 17.5 Å². The number of carbonyl (C=O) groups excluding carboxylic acids is 1. The van der Waals surface area contributed by atoms with Crippen molar-refractivity contribution in [2.24, 2.45) is 0 Å². The molecule has 0 atom stereocenters. The van der Waals surface area contributed by atoms with Gasteiger partial charge in [-0.15, -0.1) is 16.9 Å². The average Bonchev–Trinajstić information content (AvgIpc) is 3.06. The third-order valence-electron chi connectivity index (χ3n) is 4.50. The lowest BCUT2D eigenvalue weighted by Crippen LogP contribution is -2.06. The van der Waals surface area contributed by atoms with Gasteiger partial charge in [-0.2, -0.15) is 4.68 Å². The Morgan fingerprint density at radius 1 is 1.08 bits per heavy atom. The quantitative estimate of drug-likeness (QED) is 0.611. The molecule has 1 aromatic heterocycles. The Kier molecular flexibility index (Phi) is 5.52. The highest BCUT2D eigenvalue weighted by molar-refractivity contribution is 7.97. The maximum absolute atomic E-state index is 12.0. The van der Waals surface area contributed by atoms with Gasteiger partial charge in [0.05, 0.1) is 11.4 Å². The normalized spacial score (nSPS) is 10.9. The molecule has 26 heavy (non-hydrogen) atoms. The van der Waals surface area contributed by atoms with Gasteiger partial charge in [0.1, 0.15) is 0 Å². The van der Waals surface area contributed by atoms with E-state index in [2.05, 4.69) is 28.5 Å². The molecule has 0 N–H and O–H groups in total. The van der Waals surface area contributed by atoms with E-state index >= 15 is 0 Å². The fraction of sp³-hybridized carbons (Fsp3) is 0.300. The van der Waals surface area contributed by atoms with Crippen molar-refractivity contribution in [1.82, 2.24) is 20.2 Å². The highest BCUT2D eigenvalue weighted by Crippen LogP contribution is 2.27. The van der Waals surface area contributed by atoms with Gasteiger partial charge in [-0.3, -0.25) is 4.79 Å². The minimum atomic E-state index is 0.124. The van der Waals surface area contributed by atoms with E-state index in [1.165, 1.54) is 11.1 Å². The highest BCUT2D eigenvalue weighted by Gasteiger charge is 2.15. The lowest BCUT2D eigenvalue weighted by Gasteiger charge is -2.15. The second-order valence-corrected chi connectivity index (χ2v) is 7.37. The van der Waals surface area contributed by atoms with Gasteiger partial charge in [-0.25, -0.2) is 0 Å². The topological polar surface area (TPSA) is 60.7 Å². The molecule has 0 radical (unpaired) electrons. The molecule has 3 aromatic rings. The zero-order chi connectivity index (χ0) is 18.7. The summed E-state index contributed by atoms with van der Waals surface area (Å²) in [7, 11) is 0. The number of aromatic nitrogens is 4. The Balaban J connectivity index is 1.77. The molecule has 0 spiro atoms. The highest BCUT2D eigenvalue weighted by atomic mass is 32.2. The van der Waals surface area contributed by atoms with Crippen molar-refractivity contribution in [3.8, 4) is 5.69 Å². The van der Waals surface area contributed by atoms with Crippen LogP contribution in [0.3, 0.4) is 0 Å². The maximum atomic E-state index is 12.0. The number of aryl methyl sites for hydroxylation is 2. The minimum absolute atomic E-state index is 0.124. The molecule has 3 rings (SSSR count). The van der Waals surface area contributed by atoms with Crippen LogP contribution in [0.4, 0.5) is 0 Å². The van der Waals surface area contributed by atoms with Gasteiger partial charge in [0.15, 0.2) is 11.6 Å². The Labute approximate surface area is 157 Å². The van der Waals surface area contributed by atoms with Crippen LogP contribution < -0.4 is 0 Å². The summed E-state index contributed by atoms with van der Waals surface area (Å²) in [4.78, 5) is 12.0. The third kappa shape index (κ3) is 3.70. The molecule has 0 saturated heterocycles. The van der Waals surface area contributed by atoms with Crippen molar-refractivity contribution in [2.75, 3.05) is 0 Å². The summed E-state index contributed by atoms with van der Waals surface area (Å²) in [5.41, 5.74) is 6.39. The smallest absolute Gasteiger partial charge is 0.166 e. The number of tetrazole rings is 1. The van der Waals surface area contributed by atoms with Crippen molar-refractivity contribution in [2.45, 2.75) is 39.2 Å². The number of benzene rings is 2. The van der Waals surface area contributed by atoms with Gasteiger partial charge in [0.2, 0.25) is 0 Å². The lowest BCUT2D eigenvalue weighted by atomic mass is 9.92. The summed E-state index contributed by atoms with van der Waals surface area (Å²) in [5, 5.41) is 12.1. The third-order valence-corrected chi connectivity index (χ3v) is 5.45. The van der Waals surface area contributed by atoms with Crippen LogP contribution in [0.25, 0.3) is 5.69 Å². The van der Waals surface area contributed by atoms with Crippen LogP contribution in [0.15, 0.2) is 36.4 Å². The molecule has 134 valence electrons. The molecule has 0 fully saturated rings. The number of ketones is 1. The molecule has 5 nitrogen and oxygen atoms in total. The number of carbonyl (C=O) groups is 1. The van der Waals surface area contributed by atoms with E-state index in [0.717, 1.165) is 34.0 Å². The fourth-order valence-electron chi connectivity index (χ4n) is 3.30. The zero-order valence-corrected chi connectivity index (χ0v) is 16.3. The molecule has 1 heterocycles. The van der Waals surface area contributed by atoms with Gasteiger partial charge in [0.25, 0.3) is 0 Å². The molecule has 0 aliphatic carbocycles. The molecule has 6 heteroatoms. The van der Waals surface area contributed by atoms with Crippen LogP contribution in [0.2, 0.25) is 0 Å². The van der Waals surface area contributed by atoms with E-state index in [0.29, 0.717) is 5.75 Å². The van der Waals surface area contributed by atoms with E-state index in [1.54, 1.807) is 23.4 Å². The molecule has 0 saturated carbocycles. The van der Waals surface area contributed by atoms with Crippen LogP contribution >= 0.6 is 11.8 Å². The second kappa shape index (κ2) is 7.83. The summed E-state index contributed by atoms with van der Waals surface area (Å²) in [6.07, 6.45) is 0. The molecule has 2 aromatic carbocycles. The Hall–Kier alpha value is -2.47. The first kappa shape index (κ1) is 18.3. The van der Waals surface area contributed by atoms with Crippen LogP contribution in [-0.4, -0.2) is 26.0 Å². The van der Waals surface area contributed by atoms with E-state index < -0.39 is 0 Å². The van der Waals surface area contributed by atoms with Crippen LogP contribution in [0.5, 0.6) is 0 Å². The number of nitrogens with zero attached hydrogens (tertiary/aromatic N) is 4. The van der Waals surface area contributed by atoms with Crippen molar-refractivity contribution in [3.63, 3.8) is 0 Å². The standard InChI is InChI=1S/C20H22N4OS/c1-13-10-14(2)20(16(4)25)15(3)18(13)11-26-12-19-21-22-23-24(19)17-8-6-5-7-9-17/h5-10H,11-12H2,1-4H3. The number of hydrogen-bond donors (Lipinski definition) is 0. The first-order valence-corrected chi connectivity index (χ1v) is 9.65. The van der Waals surface area contributed by atoms with E-state index in [4.69, 9.17) is 0 Å². The van der Waals surface area contributed by atoms with E-state index in [-0.39, 0.29) is 5.78 Å². The molecule has 0 bridgehead atoms. The Morgan fingerprint density at radius 2 is 1.81 bits per heavy atom. The number of rotatable bonds is 6. The van der Waals surface area contributed by atoms with Crippen LogP contribution in [0, 0.1) is 20.8 Å². The van der Waals surface area contributed by atoms with E-state index in [9.17, 15) is 4.79 Å². The largest absolute Gasteiger partial charge is 0.294 e. The number of hydrogen-bond acceptors (Lipinski definition) is 5. The predicted octanol–water partition coefficient (Wildman–Crippen LogP) is 4.22. The van der Waals surface area contributed by atoms with Gasteiger partial charge in [0, 0.05) is 11.3 Å². The monoisotopic (exact) mass is 366 g/mol. The first-order chi connectivity index (χ1) is 12.5. The van der Waals surface area contributed by atoms with Crippen molar-refractivity contribution in [1.29, 1.82) is 0 Å². The number of para-hydroxylation sites is 1. The Morgan fingerprint density at radius 3 is 2.50 bits per heavy atom. The SMILES string of the molecule is CC(=O)c1c(C)cc(C)c(CSCc2nnnn2-c2ccccc2)c1C. The fourth-order valence-corrected chi connectivity index (χ4v) is 4.41. The summed E-state index contributed by atoms with van der Waals surface area (Å²) in [5.74, 6) is 2.46. The zero-order valence-electron chi connectivity index (χ0n) is 15.5. The summed E-state index contributed by atoms with van der Waals surface area (Å²) in [6, 6.07) is 12.0. The van der Waals surface area contributed by atoms with E-state index in [1.807, 2.05) is 44.2 Å². The van der Waals surface area contributed by atoms with Gasteiger partial charge in [-0.1, -0.05) is 24.3 Å². The molecule has 0 aliphatic rings. The molecule has 0 unspecified atom stereocenters. The maximum Gasteiger partial charge on any atom is 0.166 e. The van der Waals surface area contributed by atoms with Crippen molar-refractivity contribution < 1.29 is 4.79 Å². The van der Waals surface area contributed by atoms with Crippen LogP contribution in [-0.2, 0) is 11.5 Å². The van der Waals surface area contributed by atoms with Crippen molar-refractivity contribution in [3.05, 3.63) is 70.0 Å². The van der Waals surface area contributed by atoms with Gasteiger partial charge >= 0.3 is 0 Å².